The molecule has 0 radical (unpaired) electrons. The van der Waals surface area contributed by atoms with Gasteiger partial charge < -0.3 is 39.4 Å². The number of carbonyl (C=O) groups excluding carboxylic acids is 3. The molecular formula is C45H58N4O13S. The van der Waals surface area contributed by atoms with Gasteiger partial charge in [-0.1, -0.05) is 44.2 Å². The molecule has 6 aliphatic rings. The minimum atomic E-state index is -4.16. The van der Waals surface area contributed by atoms with Crippen molar-refractivity contribution in [1.82, 2.24) is 14.8 Å². The maximum Gasteiger partial charge on any atom is 0.397 e. The van der Waals surface area contributed by atoms with Crippen LogP contribution in [-0.2, 0) is 55.7 Å². The molecule has 10 atom stereocenters. The van der Waals surface area contributed by atoms with Crippen LogP contribution in [-0.4, -0.2) is 152 Å². The van der Waals surface area contributed by atoms with Crippen LogP contribution in [0.25, 0.3) is 10.9 Å². The molecule has 18 heteroatoms. The number of carbonyl (C=O) groups is 3. The zero-order chi connectivity index (χ0) is 45.5. The van der Waals surface area contributed by atoms with Gasteiger partial charge in [-0.05, 0) is 74.2 Å². The van der Waals surface area contributed by atoms with Gasteiger partial charge in [-0.3, -0.25) is 28.1 Å². The summed E-state index contributed by atoms with van der Waals surface area (Å²) >= 11 is 0. The number of aromatic nitrogens is 1. The molecule has 342 valence electrons. The van der Waals surface area contributed by atoms with Crippen molar-refractivity contribution in [2.45, 2.75) is 92.6 Å². The molecule has 3 aromatic rings. The van der Waals surface area contributed by atoms with Gasteiger partial charge in [0.05, 0.1) is 45.8 Å². The molecule has 5 aliphatic heterocycles. The SMILES string of the molecule is CC[C@@]1(O)C[C@@H]2CN(CCc3c([nH]c4ccccc34)[C@](C(=O)OC)(c3cc4c(cc3OC)N(C=O)[C@@H]3[C@](O)(C(=O)OC)[C@@H](O)[C@@]5(CC)C=CCN6CC[C@@]43[C@H]65)C2)C1.COS(=O)(=O)O. The number of aliphatic hydroxyl groups is 3. The summed E-state index contributed by atoms with van der Waals surface area (Å²) < 4.78 is 47.1. The summed E-state index contributed by atoms with van der Waals surface area (Å²) in [7, 11) is 0.813. The van der Waals surface area contributed by atoms with Gasteiger partial charge in [-0.25, -0.2) is 4.79 Å². The molecule has 2 aromatic carbocycles. The number of aromatic amines is 1. The molecule has 1 aliphatic carbocycles. The summed E-state index contributed by atoms with van der Waals surface area (Å²) in [4.78, 5) is 52.5. The highest BCUT2D eigenvalue weighted by Crippen LogP contribution is 2.68. The van der Waals surface area contributed by atoms with Gasteiger partial charge in [0.1, 0.15) is 17.3 Å². The smallest absolute Gasteiger partial charge is 0.397 e. The summed E-state index contributed by atoms with van der Waals surface area (Å²) in [6, 6.07) is 10.1. The first kappa shape index (κ1) is 45.2. The van der Waals surface area contributed by atoms with Crippen LogP contribution in [0.4, 0.5) is 5.69 Å². The second kappa shape index (κ2) is 15.9. The Morgan fingerprint density at radius 1 is 0.968 bits per heavy atom. The number of piperidine rings is 1. The fraction of sp³-hybridized carbons (Fsp3) is 0.578. The van der Waals surface area contributed by atoms with E-state index in [1.807, 2.05) is 50.3 Å². The Bertz CT molecular complexity index is 2460. The van der Waals surface area contributed by atoms with Gasteiger partial charge >= 0.3 is 22.3 Å². The molecule has 1 spiro atoms. The van der Waals surface area contributed by atoms with E-state index in [1.165, 1.54) is 26.2 Å². The highest BCUT2D eigenvalue weighted by molar-refractivity contribution is 7.80. The van der Waals surface area contributed by atoms with E-state index in [0.29, 0.717) is 99.5 Å². The van der Waals surface area contributed by atoms with E-state index < -0.39 is 68.0 Å². The average Bonchev–Trinajstić information content (AvgIpc) is 3.96. The highest BCUT2D eigenvalue weighted by Gasteiger charge is 2.79. The fourth-order valence-corrected chi connectivity index (χ4v) is 13.0. The Morgan fingerprint density at radius 2 is 1.68 bits per heavy atom. The molecule has 9 rings (SSSR count). The topological polar surface area (TPSA) is 229 Å². The Kier molecular flexibility index (Phi) is 11.4. The second-order valence-electron chi connectivity index (χ2n) is 18.1. The largest absolute Gasteiger partial charge is 0.496 e. The number of hydrogen-bond acceptors (Lipinski definition) is 14. The lowest BCUT2D eigenvalue weighted by Crippen LogP contribution is -2.81. The monoisotopic (exact) mass is 894 g/mol. The predicted octanol–water partition coefficient (Wildman–Crippen LogP) is 2.38. The lowest BCUT2D eigenvalue weighted by atomic mass is 9.47. The number of fused-ring (bicyclic) bond motifs is 6. The summed E-state index contributed by atoms with van der Waals surface area (Å²) in [6.45, 7) is 7.01. The Labute approximate surface area is 366 Å². The van der Waals surface area contributed by atoms with Crippen molar-refractivity contribution >= 4 is 45.3 Å². The van der Waals surface area contributed by atoms with E-state index in [-0.39, 0.29) is 12.3 Å². The van der Waals surface area contributed by atoms with E-state index in [4.69, 9.17) is 18.8 Å². The van der Waals surface area contributed by atoms with E-state index in [9.17, 15) is 33.3 Å². The number of anilines is 1. The molecule has 2 saturated heterocycles. The molecule has 1 saturated carbocycles. The van der Waals surface area contributed by atoms with Crippen molar-refractivity contribution < 1.29 is 61.1 Å². The number of para-hydroxylation sites is 1. The summed E-state index contributed by atoms with van der Waals surface area (Å²) in [5.74, 6) is -1.33. The predicted molar refractivity (Wildman–Crippen MR) is 230 cm³/mol. The molecule has 1 unspecified atom stereocenters. The number of amides is 1. The lowest BCUT2D eigenvalue weighted by molar-refractivity contribution is -0.218. The van der Waals surface area contributed by atoms with Gasteiger partial charge in [0.25, 0.3) is 0 Å². The van der Waals surface area contributed by atoms with Crippen molar-refractivity contribution in [3.05, 3.63) is 70.9 Å². The Hall–Kier alpha value is -4.40. The van der Waals surface area contributed by atoms with E-state index in [0.717, 1.165) is 23.6 Å². The maximum atomic E-state index is 15.2. The zero-order valence-electron chi connectivity index (χ0n) is 36.5. The number of benzene rings is 2. The van der Waals surface area contributed by atoms with E-state index >= 15 is 4.79 Å². The number of nitrogens with one attached hydrogen (secondary N) is 1. The quantitative estimate of drug-likeness (QED) is 0.0947. The van der Waals surface area contributed by atoms with Crippen LogP contribution >= 0.6 is 0 Å². The normalized spacial score (nSPS) is 35.4. The van der Waals surface area contributed by atoms with Crippen LogP contribution in [0, 0.1) is 11.3 Å². The molecule has 1 amide bonds. The number of aliphatic hydroxyl groups excluding tert-OH is 1. The van der Waals surface area contributed by atoms with Gasteiger partial charge in [-0.15, -0.1) is 0 Å². The fourth-order valence-electron chi connectivity index (χ4n) is 13.0. The van der Waals surface area contributed by atoms with Gasteiger partial charge in [0.2, 0.25) is 12.0 Å². The third-order valence-electron chi connectivity index (χ3n) is 15.5. The minimum absolute atomic E-state index is 0.136. The zero-order valence-corrected chi connectivity index (χ0v) is 37.3. The molecule has 17 nitrogen and oxygen atoms in total. The Morgan fingerprint density at radius 3 is 2.32 bits per heavy atom. The number of ether oxygens (including phenoxy) is 3. The lowest BCUT2D eigenvalue weighted by Gasteiger charge is -2.62. The number of nitrogens with zero attached hydrogens (tertiary/aromatic N) is 3. The molecule has 5 N–H and O–H groups in total. The van der Waals surface area contributed by atoms with E-state index in [1.54, 1.807) is 6.07 Å². The summed E-state index contributed by atoms with van der Waals surface area (Å²) in [6.07, 6.45) is 5.71. The third-order valence-corrected chi connectivity index (χ3v) is 15.9. The van der Waals surface area contributed by atoms with Crippen molar-refractivity contribution in [3.8, 4) is 5.75 Å². The van der Waals surface area contributed by atoms with Crippen molar-refractivity contribution in [1.29, 1.82) is 0 Å². The van der Waals surface area contributed by atoms with Gasteiger partial charge in [0, 0.05) is 71.3 Å². The standard InChI is InChI=1S/C44H54N4O9.CH4O4S/c1-6-40(53)21-26-22-43(38(51)56-4,34-28(13-17-46(23-26)24-40)27-11-8-9-12-31(27)45-34)30-19-29-32(20-33(30)55-3)48(25-49)36-42(29)15-18-47-16-10-14-41(7-2,35(42)47)37(50)44(36,54)39(52)57-5;1-5-6(2,3)4/h8-12,14,19-20,25-26,35-37,45,50,53-54H,6-7,13,15-18,21-24H2,1-5H3;1H3,(H,2,3,4)/t26-,35+,36-,37-,40+,41-,42-,43+,44+;/m0./s1. The number of esters is 2. The minimum Gasteiger partial charge on any atom is -0.496 e. The van der Waals surface area contributed by atoms with Crippen LogP contribution < -0.4 is 9.64 Å². The number of H-pyrrole nitrogens is 1. The first-order valence-electron chi connectivity index (χ1n) is 21.5. The molecule has 3 fully saturated rings. The number of hydrogen-bond donors (Lipinski definition) is 5. The second-order valence-corrected chi connectivity index (χ2v) is 19.3. The van der Waals surface area contributed by atoms with Crippen LogP contribution in [0.5, 0.6) is 5.75 Å². The Balaban J connectivity index is 0.000000849. The van der Waals surface area contributed by atoms with Crippen molar-refractivity contribution in [2.24, 2.45) is 11.3 Å². The van der Waals surface area contributed by atoms with Crippen LogP contribution in [0.3, 0.4) is 0 Å². The molecule has 1 aromatic heterocycles. The van der Waals surface area contributed by atoms with Crippen LogP contribution in [0.15, 0.2) is 48.6 Å². The van der Waals surface area contributed by atoms with Crippen molar-refractivity contribution in [2.75, 3.05) is 66.1 Å². The van der Waals surface area contributed by atoms with Gasteiger partial charge in [-0.2, -0.15) is 8.42 Å². The van der Waals surface area contributed by atoms with E-state index in [2.05, 4.69) is 25.0 Å². The average molecular weight is 895 g/mol. The number of methoxy groups -OCH3 is 3. The number of rotatable bonds is 8. The van der Waals surface area contributed by atoms with Gasteiger partial charge in [0.15, 0.2) is 0 Å². The summed E-state index contributed by atoms with van der Waals surface area (Å²) in [5, 5.41) is 38.2. The molecule has 63 heavy (non-hydrogen) atoms. The molecular weight excluding hydrogens is 837 g/mol. The molecule has 6 heterocycles. The van der Waals surface area contributed by atoms with Crippen molar-refractivity contribution in [3.63, 3.8) is 0 Å². The first-order chi connectivity index (χ1) is 29.9. The maximum absolute atomic E-state index is 15.2. The van der Waals surface area contributed by atoms with Crippen LogP contribution in [0.1, 0.15) is 68.3 Å². The highest BCUT2D eigenvalue weighted by atomic mass is 32.3. The summed E-state index contributed by atoms with van der Waals surface area (Å²) in [5.41, 5.74) is -2.95. The molecule has 2 bridgehead atoms. The first-order valence-corrected chi connectivity index (χ1v) is 22.8. The third kappa shape index (κ3) is 6.42. The van der Waals surface area contributed by atoms with Crippen LogP contribution in [0.2, 0.25) is 0 Å².